The highest BCUT2D eigenvalue weighted by Gasteiger charge is 2.26. The lowest BCUT2D eigenvalue weighted by Gasteiger charge is -2.25. The summed E-state index contributed by atoms with van der Waals surface area (Å²) in [5.74, 6) is 0.0212. The molecule has 0 radical (unpaired) electrons. The molecule has 11 heteroatoms. The molecule has 1 heterocycles. The molecule has 0 bridgehead atoms. The van der Waals surface area contributed by atoms with Gasteiger partial charge in [-0.1, -0.05) is 18.6 Å². The van der Waals surface area contributed by atoms with E-state index in [1.807, 2.05) is 19.9 Å². The molecular weight excluding hydrogens is 490 g/mol. The average molecular weight is 524 g/mol. The summed E-state index contributed by atoms with van der Waals surface area (Å²) in [5, 5.41) is 2.67. The maximum absolute atomic E-state index is 12.7. The largest absolute Gasteiger partial charge is 0.492 e. The van der Waals surface area contributed by atoms with E-state index in [1.54, 1.807) is 24.3 Å². The molecule has 1 aliphatic rings. The normalized spacial score (nSPS) is 14.9. The van der Waals surface area contributed by atoms with Gasteiger partial charge in [-0.25, -0.2) is 16.8 Å². The summed E-state index contributed by atoms with van der Waals surface area (Å²) in [6.45, 7) is 4.75. The van der Waals surface area contributed by atoms with E-state index in [4.69, 9.17) is 4.74 Å². The Hall–Kier alpha value is -2.63. The van der Waals surface area contributed by atoms with Crippen LogP contribution in [-0.2, 0) is 24.8 Å². The quantitative estimate of drug-likeness (QED) is 0.479. The highest BCUT2D eigenvalue weighted by Crippen LogP contribution is 2.25. The van der Waals surface area contributed by atoms with Gasteiger partial charge >= 0.3 is 0 Å². The first-order chi connectivity index (χ1) is 16.5. The van der Waals surface area contributed by atoms with Gasteiger partial charge in [0.15, 0.2) is 0 Å². The Labute approximate surface area is 208 Å². The minimum Gasteiger partial charge on any atom is -0.492 e. The lowest BCUT2D eigenvalue weighted by molar-refractivity contribution is -0.119. The van der Waals surface area contributed by atoms with Gasteiger partial charge in [-0.3, -0.25) is 9.10 Å². The SMILES string of the molecule is Cc1cccc(N(CC(=O)NCCOc2ccc(S(=O)(=O)N3CCCCC3)cc2)S(C)(=O)=O)c1C. The zero-order valence-electron chi connectivity index (χ0n) is 20.4. The molecule has 0 spiro atoms. The Bertz CT molecular complexity index is 1240. The molecule has 1 fully saturated rings. The molecule has 9 nitrogen and oxygen atoms in total. The summed E-state index contributed by atoms with van der Waals surface area (Å²) in [6.07, 6.45) is 3.87. The van der Waals surface area contributed by atoms with Gasteiger partial charge in [-0.15, -0.1) is 0 Å². The molecule has 0 unspecified atom stereocenters. The van der Waals surface area contributed by atoms with E-state index in [0.717, 1.165) is 41.0 Å². The van der Waals surface area contributed by atoms with Crippen molar-refractivity contribution in [3.8, 4) is 5.75 Å². The number of anilines is 1. The van der Waals surface area contributed by atoms with Gasteiger partial charge in [-0.05, 0) is 68.1 Å². The second kappa shape index (κ2) is 11.4. The van der Waals surface area contributed by atoms with Crippen LogP contribution in [0.2, 0.25) is 0 Å². The van der Waals surface area contributed by atoms with Gasteiger partial charge in [-0.2, -0.15) is 4.31 Å². The average Bonchev–Trinajstić information content (AvgIpc) is 2.82. The third-order valence-corrected chi connectivity index (χ3v) is 9.04. The van der Waals surface area contributed by atoms with Gasteiger partial charge in [0.05, 0.1) is 23.4 Å². The highest BCUT2D eigenvalue weighted by molar-refractivity contribution is 7.92. The van der Waals surface area contributed by atoms with Gasteiger partial charge in [0.25, 0.3) is 0 Å². The van der Waals surface area contributed by atoms with Crippen molar-refractivity contribution in [2.24, 2.45) is 0 Å². The molecule has 0 aliphatic carbocycles. The molecule has 0 atom stereocenters. The minimum atomic E-state index is -3.66. The molecule has 2 aromatic rings. The van der Waals surface area contributed by atoms with Crippen LogP contribution in [0.4, 0.5) is 5.69 Å². The van der Waals surface area contributed by atoms with Crippen molar-refractivity contribution in [1.29, 1.82) is 0 Å². The van der Waals surface area contributed by atoms with Crippen molar-refractivity contribution in [2.75, 3.05) is 43.3 Å². The van der Waals surface area contributed by atoms with Crippen LogP contribution in [0.25, 0.3) is 0 Å². The third-order valence-electron chi connectivity index (χ3n) is 6.00. The summed E-state index contributed by atoms with van der Waals surface area (Å²) in [6, 6.07) is 11.5. The topological polar surface area (TPSA) is 113 Å². The predicted molar refractivity (Wildman–Crippen MR) is 136 cm³/mol. The Morgan fingerprint density at radius 2 is 1.66 bits per heavy atom. The summed E-state index contributed by atoms with van der Waals surface area (Å²) in [7, 11) is -7.16. The number of carbonyl (C=O) groups excluding carboxylic acids is 1. The van der Waals surface area contributed by atoms with E-state index in [2.05, 4.69) is 5.32 Å². The van der Waals surface area contributed by atoms with Gasteiger partial charge in [0.2, 0.25) is 26.0 Å². The van der Waals surface area contributed by atoms with Crippen molar-refractivity contribution in [1.82, 2.24) is 9.62 Å². The van der Waals surface area contributed by atoms with Crippen LogP contribution in [0.15, 0.2) is 47.4 Å². The maximum atomic E-state index is 12.7. The summed E-state index contributed by atoms with van der Waals surface area (Å²) in [4.78, 5) is 12.7. The summed E-state index contributed by atoms with van der Waals surface area (Å²) >= 11 is 0. The van der Waals surface area contributed by atoms with Gasteiger partial charge in [0.1, 0.15) is 18.9 Å². The Balaban J connectivity index is 1.52. The molecule has 3 rings (SSSR count). The number of carbonyl (C=O) groups is 1. The predicted octanol–water partition coefficient (Wildman–Crippen LogP) is 2.44. The van der Waals surface area contributed by atoms with Crippen molar-refractivity contribution in [3.05, 3.63) is 53.6 Å². The van der Waals surface area contributed by atoms with Crippen LogP contribution < -0.4 is 14.4 Å². The van der Waals surface area contributed by atoms with Crippen LogP contribution in [-0.4, -0.2) is 66.1 Å². The standard InChI is InChI=1S/C24H33N3O6S2/c1-19-8-7-9-23(20(19)2)27(34(3,29)30)18-24(28)25-14-17-33-21-10-12-22(13-11-21)35(31,32)26-15-5-4-6-16-26/h7-13H,4-6,14-18H2,1-3H3,(H,25,28). The molecule has 2 aromatic carbocycles. The fourth-order valence-electron chi connectivity index (χ4n) is 3.89. The minimum absolute atomic E-state index is 0.145. The summed E-state index contributed by atoms with van der Waals surface area (Å²) < 4.78 is 58.3. The smallest absolute Gasteiger partial charge is 0.243 e. The Morgan fingerprint density at radius 1 is 1.00 bits per heavy atom. The van der Waals surface area contributed by atoms with E-state index in [9.17, 15) is 21.6 Å². The van der Waals surface area contributed by atoms with Gasteiger partial charge in [0, 0.05) is 13.1 Å². The van der Waals surface area contributed by atoms with Gasteiger partial charge < -0.3 is 10.1 Å². The monoisotopic (exact) mass is 523 g/mol. The fraction of sp³-hybridized carbons (Fsp3) is 0.458. The number of hydrogen-bond donors (Lipinski definition) is 1. The highest BCUT2D eigenvalue weighted by atomic mass is 32.2. The number of aryl methyl sites for hydroxylation is 1. The Kier molecular flexibility index (Phi) is 8.79. The molecule has 35 heavy (non-hydrogen) atoms. The first-order valence-electron chi connectivity index (χ1n) is 11.5. The molecule has 192 valence electrons. The second-order valence-corrected chi connectivity index (χ2v) is 12.5. The first-order valence-corrected chi connectivity index (χ1v) is 14.8. The van der Waals surface area contributed by atoms with E-state index in [1.165, 1.54) is 16.4 Å². The van der Waals surface area contributed by atoms with Crippen LogP contribution in [0.3, 0.4) is 0 Å². The van der Waals surface area contributed by atoms with Crippen molar-refractivity contribution < 1.29 is 26.4 Å². The number of amides is 1. The van der Waals surface area contributed by atoms with E-state index >= 15 is 0 Å². The molecule has 1 saturated heterocycles. The third kappa shape index (κ3) is 6.96. The van der Waals surface area contributed by atoms with Crippen LogP contribution >= 0.6 is 0 Å². The number of benzene rings is 2. The number of hydrogen-bond acceptors (Lipinski definition) is 6. The molecule has 1 aliphatic heterocycles. The van der Waals surface area contributed by atoms with E-state index in [0.29, 0.717) is 24.5 Å². The second-order valence-electron chi connectivity index (χ2n) is 8.62. The lowest BCUT2D eigenvalue weighted by Crippen LogP contribution is -2.41. The van der Waals surface area contributed by atoms with Crippen LogP contribution in [0.5, 0.6) is 5.75 Å². The molecule has 0 aromatic heterocycles. The van der Waals surface area contributed by atoms with Crippen LogP contribution in [0, 0.1) is 13.8 Å². The zero-order chi connectivity index (χ0) is 25.6. The molecule has 0 saturated carbocycles. The Morgan fingerprint density at radius 3 is 2.29 bits per heavy atom. The van der Waals surface area contributed by atoms with E-state index < -0.39 is 26.0 Å². The number of ether oxygens (including phenoxy) is 1. The van der Waals surface area contributed by atoms with Crippen molar-refractivity contribution >= 4 is 31.6 Å². The summed E-state index contributed by atoms with van der Waals surface area (Å²) in [5.41, 5.74) is 2.19. The number of nitrogens with zero attached hydrogens (tertiary/aromatic N) is 2. The van der Waals surface area contributed by atoms with Crippen LogP contribution in [0.1, 0.15) is 30.4 Å². The molecular formula is C24H33N3O6S2. The zero-order valence-corrected chi connectivity index (χ0v) is 22.0. The first kappa shape index (κ1) is 27.0. The van der Waals surface area contributed by atoms with Crippen molar-refractivity contribution in [3.63, 3.8) is 0 Å². The number of nitrogens with one attached hydrogen (secondary N) is 1. The molecule has 1 N–H and O–H groups in total. The van der Waals surface area contributed by atoms with Crippen molar-refractivity contribution in [2.45, 2.75) is 38.0 Å². The molecule has 1 amide bonds. The maximum Gasteiger partial charge on any atom is 0.243 e. The number of rotatable bonds is 10. The number of piperidine rings is 1. The number of sulfonamides is 2. The van der Waals surface area contributed by atoms with E-state index in [-0.39, 0.29) is 24.6 Å². The fourth-order valence-corrected chi connectivity index (χ4v) is 6.32. The lowest BCUT2D eigenvalue weighted by atomic mass is 10.1.